The predicted octanol–water partition coefficient (Wildman–Crippen LogP) is 2.11. The van der Waals surface area contributed by atoms with Crippen LogP contribution < -0.4 is 5.32 Å². The molecular formula is C16H15N3O3. The number of fused-ring (bicyclic) bond motifs is 1. The number of amides is 1. The first-order valence-electron chi connectivity index (χ1n) is 6.88. The summed E-state index contributed by atoms with van der Waals surface area (Å²) in [4.78, 5) is 27.7. The molecule has 2 rings (SSSR count). The summed E-state index contributed by atoms with van der Waals surface area (Å²) < 4.78 is 0. The van der Waals surface area contributed by atoms with E-state index in [1.54, 1.807) is 24.4 Å². The number of nitrogens with one attached hydrogen (secondary N) is 1. The monoisotopic (exact) mass is 297 g/mol. The van der Waals surface area contributed by atoms with Crippen molar-refractivity contribution < 1.29 is 14.7 Å². The first-order chi connectivity index (χ1) is 10.6. The maximum atomic E-state index is 12.3. The Balaban J connectivity index is 2.19. The fraction of sp³-hybridized carbons (Fsp3) is 0.250. The zero-order chi connectivity index (χ0) is 15.9. The minimum absolute atomic E-state index is 0.215. The van der Waals surface area contributed by atoms with E-state index in [4.69, 9.17) is 10.4 Å². The van der Waals surface area contributed by atoms with Gasteiger partial charge in [0.05, 0.1) is 17.1 Å². The van der Waals surface area contributed by atoms with E-state index < -0.39 is 17.9 Å². The number of aromatic nitrogens is 1. The smallest absolute Gasteiger partial charge is 0.326 e. The summed E-state index contributed by atoms with van der Waals surface area (Å²) in [5.41, 5.74) is 0.869. The first-order valence-corrected chi connectivity index (χ1v) is 6.88. The van der Waals surface area contributed by atoms with Gasteiger partial charge in [0.2, 0.25) is 0 Å². The first kappa shape index (κ1) is 15.4. The summed E-state index contributed by atoms with van der Waals surface area (Å²) in [5, 5.41) is 21.0. The van der Waals surface area contributed by atoms with Gasteiger partial charge in [-0.2, -0.15) is 5.26 Å². The van der Waals surface area contributed by atoms with E-state index >= 15 is 0 Å². The summed E-state index contributed by atoms with van der Waals surface area (Å²) in [7, 11) is 0. The lowest BCUT2D eigenvalue weighted by Gasteiger charge is -2.14. The zero-order valence-electron chi connectivity index (χ0n) is 11.8. The number of unbranched alkanes of at least 4 members (excludes halogenated alkanes) is 1. The maximum absolute atomic E-state index is 12.3. The van der Waals surface area contributed by atoms with Crippen molar-refractivity contribution in [2.45, 2.75) is 25.3 Å². The van der Waals surface area contributed by atoms with E-state index in [9.17, 15) is 9.59 Å². The maximum Gasteiger partial charge on any atom is 0.326 e. The zero-order valence-corrected chi connectivity index (χ0v) is 11.8. The van der Waals surface area contributed by atoms with Gasteiger partial charge in [0.15, 0.2) is 0 Å². The summed E-state index contributed by atoms with van der Waals surface area (Å²) in [6.45, 7) is 0. The number of aliphatic carboxylic acids is 1. The van der Waals surface area contributed by atoms with E-state index in [1.807, 2.05) is 18.2 Å². The van der Waals surface area contributed by atoms with Gasteiger partial charge in [-0.05, 0) is 25.0 Å². The van der Waals surface area contributed by atoms with Crippen LogP contribution >= 0.6 is 0 Å². The van der Waals surface area contributed by atoms with Crippen molar-refractivity contribution >= 4 is 22.8 Å². The average molecular weight is 297 g/mol. The highest BCUT2D eigenvalue weighted by molar-refractivity contribution is 6.06. The van der Waals surface area contributed by atoms with Crippen molar-refractivity contribution in [3.8, 4) is 6.07 Å². The third-order valence-electron chi connectivity index (χ3n) is 3.26. The summed E-state index contributed by atoms with van der Waals surface area (Å²) >= 11 is 0. The Labute approximate surface area is 127 Å². The van der Waals surface area contributed by atoms with Crippen LogP contribution in [0.15, 0.2) is 36.5 Å². The molecule has 0 saturated carbocycles. The number of rotatable bonds is 6. The minimum atomic E-state index is -1.11. The lowest BCUT2D eigenvalue weighted by molar-refractivity contribution is -0.139. The average Bonchev–Trinajstić information content (AvgIpc) is 2.53. The van der Waals surface area contributed by atoms with Crippen molar-refractivity contribution in [1.29, 1.82) is 5.26 Å². The molecule has 0 aliphatic carbocycles. The standard InChI is InChI=1S/C16H15N3O3/c17-9-2-1-8-13(16(21)22)19-15(20)12-7-3-5-11-6-4-10-18-14(11)12/h3-7,10,13H,1-2,8H2,(H,19,20)(H,21,22)/t13-/m1/s1. The second-order valence-electron chi connectivity index (χ2n) is 4.80. The molecule has 0 spiro atoms. The number of benzene rings is 1. The molecule has 1 atom stereocenters. The van der Waals surface area contributed by atoms with Crippen LogP contribution in [0, 0.1) is 11.3 Å². The number of hydrogen-bond acceptors (Lipinski definition) is 4. The van der Waals surface area contributed by atoms with Crippen LogP contribution in [0.3, 0.4) is 0 Å². The van der Waals surface area contributed by atoms with Gasteiger partial charge in [-0.1, -0.05) is 18.2 Å². The third kappa shape index (κ3) is 3.58. The van der Waals surface area contributed by atoms with Crippen LogP contribution in [0.4, 0.5) is 0 Å². The molecule has 0 aliphatic heterocycles. The fourth-order valence-electron chi connectivity index (χ4n) is 2.17. The Bertz CT molecular complexity index is 731. The summed E-state index contributed by atoms with van der Waals surface area (Å²) in [6, 6.07) is 9.72. The second-order valence-corrected chi connectivity index (χ2v) is 4.80. The molecule has 1 aromatic carbocycles. The van der Waals surface area contributed by atoms with Gasteiger partial charge >= 0.3 is 5.97 Å². The highest BCUT2D eigenvalue weighted by Crippen LogP contribution is 2.16. The van der Waals surface area contributed by atoms with Crippen LogP contribution in [0.25, 0.3) is 10.9 Å². The number of para-hydroxylation sites is 1. The van der Waals surface area contributed by atoms with Crippen LogP contribution in [0.1, 0.15) is 29.6 Å². The number of carboxylic acids is 1. The van der Waals surface area contributed by atoms with Crippen LogP contribution in [0.2, 0.25) is 0 Å². The van der Waals surface area contributed by atoms with Gasteiger partial charge in [-0.3, -0.25) is 9.78 Å². The lowest BCUT2D eigenvalue weighted by Crippen LogP contribution is -2.40. The Morgan fingerprint density at radius 3 is 2.82 bits per heavy atom. The highest BCUT2D eigenvalue weighted by Gasteiger charge is 2.21. The molecule has 0 bridgehead atoms. The molecule has 0 fully saturated rings. The number of hydrogen-bond donors (Lipinski definition) is 2. The molecule has 0 radical (unpaired) electrons. The molecule has 1 aromatic heterocycles. The van der Waals surface area contributed by atoms with Crippen LogP contribution in [-0.4, -0.2) is 28.0 Å². The van der Waals surface area contributed by atoms with Crippen molar-refractivity contribution in [2.24, 2.45) is 0 Å². The minimum Gasteiger partial charge on any atom is -0.480 e. The predicted molar refractivity (Wildman–Crippen MR) is 80.1 cm³/mol. The van der Waals surface area contributed by atoms with E-state index in [1.165, 1.54) is 0 Å². The van der Waals surface area contributed by atoms with Gasteiger partial charge in [0, 0.05) is 18.0 Å². The van der Waals surface area contributed by atoms with Crippen LogP contribution in [-0.2, 0) is 4.79 Å². The Kier molecular flexibility index (Phi) is 5.04. The normalized spacial score (nSPS) is 11.6. The van der Waals surface area contributed by atoms with Crippen molar-refractivity contribution in [1.82, 2.24) is 10.3 Å². The number of nitrogens with zero attached hydrogens (tertiary/aromatic N) is 2. The summed E-state index contributed by atoms with van der Waals surface area (Å²) in [6.07, 6.45) is 2.48. The molecule has 22 heavy (non-hydrogen) atoms. The van der Waals surface area contributed by atoms with E-state index in [0.29, 0.717) is 17.5 Å². The van der Waals surface area contributed by atoms with E-state index in [-0.39, 0.29) is 12.8 Å². The molecule has 112 valence electrons. The van der Waals surface area contributed by atoms with Gasteiger partial charge in [0.1, 0.15) is 6.04 Å². The number of carboxylic acid groups (broad SMARTS) is 1. The van der Waals surface area contributed by atoms with Crippen molar-refractivity contribution in [3.05, 3.63) is 42.1 Å². The quantitative estimate of drug-likeness (QED) is 0.795. The van der Waals surface area contributed by atoms with Gasteiger partial charge in [-0.15, -0.1) is 0 Å². The molecule has 0 aliphatic rings. The molecule has 2 aromatic rings. The van der Waals surface area contributed by atoms with Crippen molar-refractivity contribution in [3.63, 3.8) is 0 Å². The largest absolute Gasteiger partial charge is 0.480 e. The Morgan fingerprint density at radius 1 is 1.32 bits per heavy atom. The fourth-order valence-corrected chi connectivity index (χ4v) is 2.17. The molecular weight excluding hydrogens is 282 g/mol. The van der Waals surface area contributed by atoms with Gasteiger partial charge < -0.3 is 10.4 Å². The lowest BCUT2D eigenvalue weighted by atomic mass is 10.1. The number of pyridine rings is 1. The van der Waals surface area contributed by atoms with Crippen LogP contribution in [0.5, 0.6) is 0 Å². The molecule has 0 unspecified atom stereocenters. The second kappa shape index (κ2) is 7.18. The molecule has 1 amide bonds. The highest BCUT2D eigenvalue weighted by atomic mass is 16.4. The molecule has 2 N–H and O–H groups in total. The molecule has 0 saturated heterocycles. The molecule has 6 nitrogen and oxygen atoms in total. The number of carbonyl (C=O) groups excluding carboxylic acids is 1. The van der Waals surface area contributed by atoms with Gasteiger partial charge in [0.25, 0.3) is 5.91 Å². The molecule has 1 heterocycles. The van der Waals surface area contributed by atoms with Crippen molar-refractivity contribution in [2.75, 3.05) is 0 Å². The third-order valence-corrected chi connectivity index (χ3v) is 3.26. The van der Waals surface area contributed by atoms with E-state index in [0.717, 1.165) is 5.39 Å². The number of nitriles is 1. The SMILES string of the molecule is N#CCCC[C@@H](NC(=O)c1cccc2cccnc12)C(=O)O. The molecule has 6 heteroatoms. The Morgan fingerprint density at radius 2 is 2.09 bits per heavy atom. The van der Waals surface area contributed by atoms with E-state index in [2.05, 4.69) is 10.3 Å². The Hall–Kier alpha value is -2.94. The topological polar surface area (TPSA) is 103 Å². The van der Waals surface area contributed by atoms with Gasteiger partial charge in [-0.25, -0.2) is 4.79 Å². The number of carbonyl (C=O) groups is 2. The summed E-state index contributed by atoms with van der Waals surface area (Å²) in [5.74, 6) is -1.59.